The van der Waals surface area contributed by atoms with E-state index in [0.29, 0.717) is 0 Å². The first-order valence-electron chi connectivity index (χ1n) is 5.19. The fourth-order valence-electron chi connectivity index (χ4n) is 1.42. The van der Waals surface area contributed by atoms with Crippen LogP contribution < -0.4 is 4.74 Å². The Kier molecular flexibility index (Phi) is 4.03. The van der Waals surface area contributed by atoms with Gasteiger partial charge in [-0.1, -0.05) is 23.2 Å². The average Bonchev–Trinajstić information content (AvgIpc) is 2.42. The molecule has 0 saturated heterocycles. The Balaban J connectivity index is 2.45. The standard InChI is InChI=1S/C12H5Cl2N3O3/c13-8-4-7(17(18)19)5-9(14)12(8)20-11-2-1-3-16-10(11)6-15/h1-5H. The van der Waals surface area contributed by atoms with Gasteiger partial charge in [0, 0.05) is 18.3 Å². The molecule has 0 radical (unpaired) electrons. The minimum Gasteiger partial charge on any atom is -0.451 e. The highest BCUT2D eigenvalue weighted by atomic mass is 35.5. The molecule has 0 spiro atoms. The van der Waals surface area contributed by atoms with Crippen molar-refractivity contribution >= 4 is 28.9 Å². The van der Waals surface area contributed by atoms with E-state index in [1.165, 1.54) is 12.3 Å². The number of nitrogens with zero attached hydrogens (tertiary/aromatic N) is 3. The third-order valence-corrected chi connectivity index (χ3v) is 2.84. The third kappa shape index (κ3) is 2.79. The van der Waals surface area contributed by atoms with Gasteiger partial charge in [0.2, 0.25) is 0 Å². The molecule has 0 atom stereocenters. The van der Waals surface area contributed by atoms with Crippen LogP contribution in [-0.2, 0) is 0 Å². The molecular weight excluding hydrogens is 305 g/mol. The molecule has 2 aromatic rings. The Morgan fingerprint density at radius 1 is 1.35 bits per heavy atom. The van der Waals surface area contributed by atoms with Crippen LogP contribution in [-0.4, -0.2) is 9.91 Å². The normalized spacial score (nSPS) is 9.85. The van der Waals surface area contributed by atoms with Crippen LogP contribution in [0.25, 0.3) is 0 Å². The van der Waals surface area contributed by atoms with Gasteiger partial charge < -0.3 is 4.74 Å². The van der Waals surface area contributed by atoms with Crippen molar-refractivity contribution in [3.63, 3.8) is 0 Å². The largest absolute Gasteiger partial charge is 0.451 e. The number of aromatic nitrogens is 1. The molecule has 1 heterocycles. The van der Waals surface area contributed by atoms with Gasteiger partial charge in [0.25, 0.3) is 5.69 Å². The van der Waals surface area contributed by atoms with Crippen LogP contribution in [0.2, 0.25) is 10.0 Å². The molecule has 0 amide bonds. The van der Waals surface area contributed by atoms with Gasteiger partial charge in [-0.25, -0.2) is 4.98 Å². The lowest BCUT2D eigenvalue weighted by Crippen LogP contribution is -1.94. The van der Waals surface area contributed by atoms with E-state index in [1.54, 1.807) is 6.07 Å². The maximum Gasteiger partial charge on any atom is 0.272 e. The summed E-state index contributed by atoms with van der Waals surface area (Å²) in [4.78, 5) is 13.9. The summed E-state index contributed by atoms with van der Waals surface area (Å²) in [6, 6.07) is 7.17. The van der Waals surface area contributed by atoms with Crippen LogP contribution in [0, 0.1) is 21.4 Å². The fraction of sp³-hybridized carbons (Fsp3) is 0. The number of nitro benzene ring substituents is 1. The average molecular weight is 310 g/mol. The van der Waals surface area contributed by atoms with Gasteiger partial charge in [-0.2, -0.15) is 5.26 Å². The number of hydrogen-bond acceptors (Lipinski definition) is 5. The zero-order valence-corrected chi connectivity index (χ0v) is 11.2. The minimum atomic E-state index is -0.619. The maximum atomic E-state index is 10.7. The molecule has 20 heavy (non-hydrogen) atoms. The lowest BCUT2D eigenvalue weighted by atomic mass is 10.3. The number of nitro groups is 1. The quantitative estimate of drug-likeness (QED) is 0.632. The Labute approximate surface area is 123 Å². The van der Waals surface area contributed by atoms with E-state index in [1.807, 2.05) is 6.07 Å². The summed E-state index contributed by atoms with van der Waals surface area (Å²) in [7, 11) is 0. The van der Waals surface area contributed by atoms with E-state index in [2.05, 4.69) is 4.98 Å². The highest BCUT2D eigenvalue weighted by Gasteiger charge is 2.17. The molecule has 2 rings (SSSR count). The number of non-ortho nitro benzene ring substituents is 1. The number of ether oxygens (including phenoxy) is 1. The predicted molar refractivity (Wildman–Crippen MR) is 72.1 cm³/mol. The van der Waals surface area contributed by atoms with Crippen LogP contribution in [0.3, 0.4) is 0 Å². The number of pyridine rings is 1. The van der Waals surface area contributed by atoms with Crippen LogP contribution in [0.4, 0.5) is 5.69 Å². The van der Waals surface area contributed by atoms with Crippen LogP contribution >= 0.6 is 23.2 Å². The summed E-state index contributed by atoms with van der Waals surface area (Å²) < 4.78 is 5.43. The molecule has 0 unspecified atom stereocenters. The molecule has 1 aromatic heterocycles. The van der Waals surface area contributed by atoms with Gasteiger partial charge in [-0.05, 0) is 12.1 Å². The molecule has 0 aliphatic heterocycles. The molecule has 0 bridgehead atoms. The van der Waals surface area contributed by atoms with Crippen molar-refractivity contribution in [3.8, 4) is 17.6 Å². The first-order valence-corrected chi connectivity index (χ1v) is 5.95. The number of halogens is 2. The van der Waals surface area contributed by atoms with Gasteiger partial charge >= 0.3 is 0 Å². The van der Waals surface area contributed by atoms with Crippen molar-refractivity contribution in [1.82, 2.24) is 4.98 Å². The van der Waals surface area contributed by atoms with Crippen LogP contribution in [0.5, 0.6) is 11.5 Å². The highest BCUT2D eigenvalue weighted by molar-refractivity contribution is 6.37. The number of nitriles is 1. The number of hydrogen-bond donors (Lipinski definition) is 0. The van der Waals surface area contributed by atoms with Crippen molar-refractivity contribution in [2.75, 3.05) is 0 Å². The van der Waals surface area contributed by atoms with Gasteiger partial charge in [-0.15, -0.1) is 0 Å². The van der Waals surface area contributed by atoms with Crippen molar-refractivity contribution in [1.29, 1.82) is 5.26 Å². The van der Waals surface area contributed by atoms with Crippen molar-refractivity contribution < 1.29 is 9.66 Å². The monoisotopic (exact) mass is 309 g/mol. The fourth-order valence-corrected chi connectivity index (χ4v) is 1.97. The van der Waals surface area contributed by atoms with Gasteiger partial charge in [-0.3, -0.25) is 10.1 Å². The van der Waals surface area contributed by atoms with Crippen LogP contribution in [0.1, 0.15) is 5.69 Å². The van der Waals surface area contributed by atoms with E-state index in [0.717, 1.165) is 12.1 Å². The highest BCUT2D eigenvalue weighted by Crippen LogP contribution is 2.39. The summed E-state index contributed by atoms with van der Waals surface area (Å²) in [6.45, 7) is 0. The smallest absolute Gasteiger partial charge is 0.272 e. The summed E-state index contributed by atoms with van der Waals surface area (Å²) in [5.74, 6) is 0.191. The Morgan fingerprint density at radius 2 is 2.00 bits per heavy atom. The van der Waals surface area contributed by atoms with Gasteiger partial charge in [0.15, 0.2) is 17.2 Å². The molecule has 0 fully saturated rings. The molecule has 100 valence electrons. The zero-order chi connectivity index (χ0) is 14.7. The molecular formula is C12H5Cl2N3O3. The molecule has 0 aliphatic rings. The zero-order valence-electron chi connectivity index (χ0n) is 9.71. The van der Waals surface area contributed by atoms with E-state index in [9.17, 15) is 10.1 Å². The molecule has 8 heteroatoms. The lowest BCUT2D eigenvalue weighted by Gasteiger charge is -2.09. The molecule has 0 aliphatic carbocycles. The predicted octanol–water partition coefficient (Wildman–Crippen LogP) is 3.96. The Hall–Kier alpha value is -2.36. The van der Waals surface area contributed by atoms with E-state index in [4.69, 9.17) is 33.2 Å². The van der Waals surface area contributed by atoms with E-state index < -0.39 is 4.92 Å². The van der Waals surface area contributed by atoms with E-state index >= 15 is 0 Å². The Bertz CT molecular complexity index is 705. The second-order valence-corrected chi connectivity index (χ2v) is 4.37. The second-order valence-electron chi connectivity index (χ2n) is 3.56. The van der Waals surface area contributed by atoms with Crippen molar-refractivity contribution in [2.45, 2.75) is 0 Å². The topological polar surface area (TPSA) is 89.0 Å². The Morgan fingerprint density at radius 3 is 2.55 bits per heavy atom. The van der Waals surface area contributed by atoms with Crippen molar-refractivity contribution in [2.24, 2.45) is 0 Å². The lowest BCUT2D eigenvalue weighted by molar-refractivity contribution is -0.384. The summed E-state index contributed by atoms with van der Waals surface area (Å²) in [5, 5.41) is 19.5. The SMILES string of the molecule is N#Cc1ncccc1Oc1c(Cl)cc([N+](=O)[O-])cc1Cl. The first kappa shape index (κ1) is 14.1. The van der Waals surface area contributed by atoms with Gasteiger partial charge in [0.1, 0.15) is 6.07 Å². The summed E-state index contributed by atoms with van der Waals surface area (Å²) >= 11 is 11.8. The van der Waals surface area contributed by atoms with Gasteiger partial charge in [0.05, 0.1) is 15.0 Å². The molecule has 1 aromatic carbocycles. The van der Waals surface area contributed by atoms with Crippen LogP contribution in [0.15, 0.2) is 30.5 Å². The minimum absolute atomic E-state index is 0.0306. The summed E-state index contributed by atoms with van der Waals surface area (Å²) in [6.07, 6.45) is 1.43. The number of benzene rings is 1. The second kappa shape index (κ2) is 5.74. The number of rotatable bonds is 3. The van der Waals surface area contributed by atoms with E-state index in [-0.39, 0.29) is 32.9 Å². The summed E-state index contributed by atoms with van der Waals surface area (Å²) in [5.41, 5.74) is -0.197. The van der Waals surface area contributed by atoms with Crippen molar-refractivity contribution in [3.05, 3.63) is 56.3 Å². The molecule has 6 nitrogen and oxygen atoms in total. The first-order chi connectivity index (χ1) is 9.52. The molecule has 0 saturated carbocycles. The maximum absolute atomic E-state index is 10.7. The third-order valence-electron chi connectivity index (χ3n) is 2.28. The molecule has 0 N–H and O–H groups in total.